The van der Waals surface area contributed by atoms with Crippen molar-refractivity contribution in [1.82, 2.24) is 0 Å². The van der Waals surface area contributed by atoms with Gasteiger partial charge in [-0.3, -0.25) is 19.7 Å². The van der Waals surface area contributed by atoms with E-state index in [0.717, 1.165) is 11.6 Å². The van der Waals surface area contributed by atoms with Crippen molar-refractivity contribution in [1.29, 1.82) is 0 Å². The Labute approximate surface area is 182 Å². The summed E-state index contributed by atoms with van der Waals surface area (Å²) in [6.45, 7) is 0.195. The number of anilines is 1. The van der Waals surface area contributed by atoms with Crippen molar-refractivity contribution in [3.8, 4) is 0 Å². The summed E-state index contributed by atoms with van der Waals surface area (Å²) >= 11 is 5.93. The van der Waals surface area contributed by atoms with Crippen molar-refractivity contribution in [3.05, 3.63) is 105 Å². The fourth-order valence-corrected chi connectivity index (χ4v) is 3.86. The molecule has 1 aliphatic rings. The molecule has 1 aliphatic heterocycles. The van der Waals surface area contributed by atoms with Gasteiger partial charge in [0.1, 0.15) is 0 Å². The Morgan fingerprint density at radius 2 is 1.77 bits per heavy atom. The fourth-order valence-electron chi connectivity index (χ4n) is 3.73. The molecule has 31 heavy (non-hydrogen) atoms. The quantitative estimate of drug-likeness (QED) is 0.353. The molecule has 1 unspecified atom stereocenters. The van der Waals surface area contributed by atoms with Crippen molar-refractivity contribution in [3.63, 3.8) is 0 Å². The lowest BCUT2D eigenvalue weighted by atomic mass is 9.88. The number of halogens is 1. The van der Waals surface area contributed by atoms with Gasteiger partial charge in [-0.1, -0.05) is 54.1 Å². The zero-order chi connectivity index (χ0) is 22.2. The number of amides is 1. The molecule has 1 amide bonds. The third-order valence-electron chi connectivity index (χ3n) is 5.29. The van der Waals surface area contributed by atoms with E-state index in [1.54, 1.807) is 48.5 Å². The van der Waals surface area contributed by atoms with Gasteiger partial charge < -0.3 is 10.0 Å². The first-order chi connectivity index (χ1) is 14.8. The summed E-state index contributed by atoms with van der Waals surface area (Å²) in [7, 11) is 0. The number of nitro benzene ring substituents is 1. The average molecular weight is 437 g/mol. The summed E-state index contributed by atoms with van der Waals surface area (Å²) < 4.78 is 0. The normalized spacial score (nSPS) is 17.5. The molecule has 1 N–H and O–H groups in total. The van der Waals surface area contributed by atoms with Crippen molar-refractivity contribution in [2.24, 2.45) is 0 Å². The monoisotopic (exact) mass is 436 g/mol. The standard InChI is InChI=1S/C23H17ClN2O5/c24-17-10-8-15(9-11-17)14-25-20-7-2-1-6-19(20)23(29,22(25)28)13-21(27)16-4-3-5-18(12-16)26(30)31/h1-12,29H,13-14H2. The van der Waals surface area contributed by atoms with Crippen LogP contribution < -0.4 is 4.90 Å². The van der Waals surface area contributed by atoms with Crippen LogP contribution in [0.3, 0.4) is 0 Å². The third kappa shape index (κ3) is 3.81. The minimum Gasteiger partial charge on any atom is -0.375 e. The molecule has 156 valence electrons. The van der Waals surface area contributed by atoms with Crippen molar-refractivity contribution in [2.75, 3.05) is 4.90 Å². The van der Waals surface area contributed by atoms with E-state index in [1.807, 2.05) is 0 Å². The molecule has 7 nitrogen and oxygen atoms in total. The molecule has 1 heterocycles. The van der Waals surface area contributed by atoms with Crippen LogP contribution in [0.15, 0.2) is 72.8 Å². The Morgan fingerprint density at radius 3 is 2.48 bits per heavy atom. The van der Waals surface area contributed by atoms with Gasteiger partial charge in [0.05, 0.1) is 23.6 Å². The van der Waals surface area contributed by atoms with Crippen molar-refractivity contribution < 1.29 is 19.6 Å². The zero-order valence-corrected chi connectivity index (χ0v) is 17.0. The largest absolute Gasteiger partial charge is 0.375 e. The molecular weight excluding hydrogens is 420 g/mol. The highest BCUT2D eigenvalue weighted by atomic mass is 35.5. The van der Waals surface area contributed by atoms with Gasteiger partial charge in [0, 0.05) is 28.3 Å². The molecule has 3 aromatic carbocycles. The molecule has 1 atom stereocenters. The summed E-state index contributed by atoms with van der Waals surface area (Å²) in [4.78, 5) is 38.0. The second-order valence-electron chi connectivity index (χ2n) is 7.30. The van der Waals surface area contributed by atoms with Crippen LogP contribution in [-0.2, 0) is 16.9 Å². The smallest absolute Gasteiger partial charge is 0.270 e. The molecule has 0 spiro atoms. The van der Waals surface area contributed by atoms with Crippen LogP contribution in [0.25, 0.3) is 0 Å². The van der Waals surface area contributed by atoms with E-state index in [4.69, 9.17) is 11.6 Å². The number of carbonyl (C=O) groups excluding carboxylic acids is 2. The molecule has 0 aromatic heterocycles. The number of carbonyl (C=O) groups is 2. The number of nitrogens with zero attached hydrogens (tertiary/aromatic N) is 2. The molecule has 0 bridgehead atoms. The highest BCUT2D eigenvalue weighted by Crippen LogP contribution is 2.43. The number of benzene rings is 3. The van der Waals surface area contributed by atoms with Crippen molar-refractivity contribution in [2.45, 2.75) is 18.6 Å². The maximum Gasteiger partial charge on any atom is 0.270 e. The predicted octanol–water partition coefficient (Wildman–Crippen LogP) is 4.26. The van der Waals surface area contributed by atoms with Gasteiger partial charge in [-0.2, -0.15) is 0 Å². The maximum atomic E-state index is 13.3. The average Bonchev–Trinajstić information content (AvgIpc) is 2.97. The molecule has 0 saturated heterocycles. The van der Waals surface area contributed by atoms with Crippen LogP contribution in [0.1, 0.15) is 27.9 Å². The number of aliphatic hydroxyl groups is 1. The van der Waals surface area contributed by atoms with Crippen LogP contribution in [0.5, 0.6) is 0 Å². The minimum atomic E-state index is -2.06. The molecule has 0 radical (unpaired) electrons. The number of nitro groups is 1. The molecular formula is C23H17ClN2O5. The number of non-ortho nitro benzene ring substituents is 1. The number of hydrogen-bond acceptors (Lipinski definition) is 5. The van der Waals surface area contributed by atoms with Gasteiger partial charge in [0.2, 0.25) is 0 Å². The van der Waals surface area contributed by atoms with E-state index in [1.165, 1.54) is 23.1 Å². The third-order valence-corrected chi connectivity index (χ3v) is 5.54. The predicted molar refractivity (Wildman–Crippen MR) is 115 cm³/mol. The van der Waals surface area contributed by atoms with Gasteiger partial charge >= 0.3 is 0 Å². The van der Waals surface area contributed by atoms with E-state index in [2.05, 4.69) is 0 Å². The summed E-state index contributed by atoms with van der Waals surface area (Å²) in [5, 5.41) is 22.9. The minimum absolute atomic E-state index is 0.0593. The fraction of sp³-hybridized carbons (Fsp3) is 0.130. The molecule has 4 rings (SSSR count). The van der Waals surface area contributed by atoms with Crippen molar-refractivity contribution >= 4 is 34.7 Å². The van der Waals surface area contributed by atoms with Crippen LogP contribution in [0.4, 0.5) is 11.4 Å². The summed E-state index contributed by atoms with van der Waals surface area (Å²) in [5.41, 5.74) is -0.596. The highest BCUT2D eigenvalue weighted by molar-refractivity contribution is 6.30. The number of para-hydroxylation sites is 1. The van der Waals surface area contributed by atoms with E-state index in [9.17, 15) is 24.8 Å². The Balaban J connectivity index is 1.66. The lowest BCUT2D eigenvalue weighted by Crippen LogP contribution is -2.41. The summed E-state index contributed by atoms with van der Waals surface area (Å²) in [6, 6.07) is 19.0. The number of fused-ring (bicyclic) bond motifs is 1. The lowest BCUT2D eigenvalue weighted by Gasteiger charge is -2.23. The SMILES string of the molecule is O=C(CC1(O)C(=O)N(Cc2ccc(Cl)cc2)c2ccccc21)c1cccc([N+](=O)[O-])c1. The second kappa shape index (κ2) is 7.94. The summed E-state index contributed by atoms with van der Waals surface area (Å²) in [5.74, 6) is -1.19. The van der Waals surface area contributed by atoms with Gasteiger partial charge in [-0.25, -0.2) is 0 Å². The number of hydrogen-bond donors (Lipinski definition) is 1. The Kier molecular flexibility index (Phi) is 5.31. The first-order valence-corrected chi connectivity index (χ1v) is 9.83. The topological polar surface area (TPSA) is 101 Å². The van der Waals surface area contributed by atoms with E-state index in [0.29, 0.717) is 16.3 Å². The molecule has 0 aliphatic carbocycles. The van der Waals surface area contributed by atoms with E-state index in [-0.39, 0.29) is 17.8 Å². The van der Waals surface area contributed by atoms with Crippen LogP contribution >= 0.6 is 11.6 Å². The van der Waals surface area contributed by atoms with Crippen LogP contribution in [-0.4, -0.2) is 21.7 Å². The van der Waals surface area contributed by atoms with Crippen LogP contribution in [0, 0.1) is 10.1 Å². The van der Waals surface area contributed by atoms with Gasteiger partial charge in [-0.05, 0) is 23.8 Å². The molecule has 0 fully saturated rings. The Hall–Kier alpha value is -3.55. The summed E-state index contributed by atoms with van der Waals surface area (Å²) in [6.07, 6.45) is -0.527. The number of ketones is 1. The molecule has 8 heteroatoms. The molecule has 3 aromatic rings. The maximum absolute atomic E-state index is 13.3. The van der Waals surface area contributed by atoms with Gasteiger partial charge in [-0.15, -0.1) is 0 Å². The first-order valence-electron chi connectivity index (χ1n) is 9.45. The number of rotatable bonds is 6. The second-order valence-corrected chi connectivity index (χ2v) is 7.74. The van der Waals surface area contributed by atoms with E-state index < -0.39 is 28.6 Å². The molecule has 0 saturated carbocycles. The first kappa shape index (κ1) is 20.7. The zero-order valence-electron chi connectivity index (χ0n) is 16.2. The Bertz CT molecular complexity index is 1190. The highest BCUT2D eigenvalue weighted by Gasteiger charge is 2.50. The number of Topliss-reactive ketones (excluding diaryl/α,β-unsaturated/α-hetero) is 1. The van der Waals surface area contributed by atoms with Gasteiger partial charge in [0.15, 0.2) is 11.4 Å². The lowest BCUT2D eigenvalue weighted by molar-refractivity contribution is -0.384. The van der Waals surface area contributed by atoms with Crippen LogP contribution in [0.2, 0.25) is 5.02 Å². The van der Waals surface area contributed by atoms with Gasteiger partial charge in [0.25, 0.3) is 11.6 Å². The Morgan fingerprint density at radius 1 is 1.06 bits per heavy atom. The van der Waals surface area contributed by atoms with E-state index >= 15 is 0 Å².